The van der Waals surface area contributed by atoms with Gasteiger partial charge < -0.3 is 10.2 Å². The molecule has 61 heavy (non-hydrogen) atoms. The van der Waals surface area contributed by atoms with Crippen LogP contribution in [0.4, 0.5) is 0 Å². The molecule has 2 saturated heterocycles. The van der Waals surface area contributed by atoms with Crippen LogP contribution >= 0.6 is 0 Å². The van der Waals surface area contributed by atoms with Crippen LogP contribution < -0.4 is 5.32 Å². The maximum Gasteiger partial charge on any atom is 0.135 e. The number of fused-ring (bicyclic) bond motifs is 2. The molecule has 0 atom stereocenters. The maximum atomic E-state index is 11.7. The summed E-state index contributed by atoms with van der Waals surface area (Å²) in [4.78, 5) is 29.3. The van der Waals surface area contributed by atoms with Gasteiger partial charge in [-0.05, 0) is 102 Å². The molecule has 7 nitrogen and oxygen atoms in total. The average Bonchev–Trinajstić information content (AvgIpc) is 3.30. The quantitative estimate of drug-likeness (QED) is 0.140. The van der Waals surface area contributed by atoms with Crippen LogP contribution in [0.2, 0.25) is 0 Å². The highest BCUT2D eigenvalue weighted by molar-refractivity contribution is 5.87. The van der Waals surface area contributed by atoms with E-state index in [1.807, 2.05) is 24.3 Å². The number of Topliss-reactive ketones (excluding diaryl/α,β-unsaturated/α-hetero) is 1. The van der Waals surface area contributed by atoms with Crippen LogP contribution in [0.5, 0.6) is 0 Å². The van der Waals surface area contributed by atoms with Crippen molar-refractivity contribution in [3.05, 3.63) is 132 Å². The molecule has 0 bridgehead atoms. The van der Waals surface area contributed by atoms with Crippen molar-refractivity contribution in [2.45, 2.75) is 98.2 Å². The summed E-state index contributed by atoms with van der Waals surface area (Å²) in [5.41, 5.74) is 8.93. The molecular weight excluding hydrogens is 749 g/mol. The standard InChI is InChI=1S/C27H35N3.C23H24N2O.C4H11N/c1-5-29(6-2)22-16-18-30(19-17-22)27(3,4)24-20-26(21-12-8-7-9-13-21)28-25-15-11-10-14-23(24)25;1-23(2,25-14-12-18(26)13-15-25)20-16-22(17-8-4-3-5-9-17)24-21-11-7-6-10-19(20)21;1-3-5-4-2/h7-15,20,22H,5-6,16-19H2,1-4H3;3-11,16H,12-15H2,1-2H3;5H,3-4H2,1-2H3. The number of likely N-dealkylation sites (tertiary alicyclic amines) is 2. The van der Waals surface area contributed by atoms with E-state index in [0.717, 1.165) is 86.4 Å². The molecule has 322 valence electrons. The Morgan fingerprint density at radius 2 is 0.967 bits per heavy atom. The number of ketones is 1. The van der Waals surface area contributed by atoms with Crippen molar-refractivity contribution in [3.8, 4) is 22.5 Å². The van der Waals surface area contributed by atoms with Gasteiger partial charge in [-0.3, -0.25) is 14.6 Å². The molecule has 0 spiro atoms. The minimum Gasteiger partial charge on any atom is -0.317 e. The van der Waals surface area contributed by atoms with E-state index < -0.39 is 0 Å². The Labute approximate surface area is 366 Å². The normalized spacial score (nSPS) is 15.7. The van der Waals surface area contributed by atoms with Crippen molar-refractivity contribution in [1.82, 2.24) is 30.0 Å². The minimum atomic E-state index is -0.160. The van der Waals surface area contributed by atoms with E-state index in [1.165, 1.54) is 40.3 Å². The van der Waals surface area contributed by atoms with E-state index in [-0.39, 0.29) is 11.1 Å². The van der Waals surface area contributed by atoms with E-state index in [9.17, 15) is 4.79 Å². The Morgan fingerprint density at radius 3 is 1.36 bits per heavy atom. The molecule has 2 fully saturated rings. The minimum absolute atomic E-state index is 0.0414. The van der Waals surface area contributed by atoms with Crippen LogP contribution in [0.1, 0.15) is 92.2 Å². The van der Waals surface area contributed by atoms with Gasteiger partial charge in [-0.2, -0.15) is 0 Å². The number of nitrogens with one attached hydrogen (secondary N) is 1. The first-order valence-corrected chi connectivity index (χ1v) is 22.9. The molecule has 2 aliphatic rings. The van der Waals surface area contributed by atoms with Crippen LogP contribution in [0, 0.1) is 0 Å². The first-order valence-electron chi connectivity index (χ1n) is 22.9. The molecule has 2 aliphatic heterocycles. The molecule has 0 radical (unpaired) electrons. The lowest BCUT2D eigenvalue weighted by molar-refractivity contribution is -0.122. The van der Waals surface area contributed by atoms with Gasteiger partial charge in [-0.25, -0.2) is 9.97 Å². The number of rotatable bonds is 11. The molecule has 0 amide bonds. The number of hydrogen-bond donors (Lipinski definition) is 1. The van der Waals surface area contributed by atoms with E-state index in [4.69, 9.17) is 9.97 Å². The average molecular weight is 819 g/mol. The molecule has 1 N–H and O–H groups in total. The third kappa shape index (κ3) is 11.0. The van der Waals surface area contributed by atoms with Gasteiger partial charge in [-0.1, -0.05) is 125 Å². The number of benzene rings is 4. The first kappa shape index (κ1) is 45.7. The van der Waals surface area contributed by atoms with Crippen molar-refractivity contribution in [3.63, 3.8) is 0 Å². The van der Waals surface area contributed by atoms with E-state index in [0.29, 0.717) is 18.6 Å². The fraction of sp³-hybridized carbons (Fsp3) is 0.426. The molecule has 8 rings (SSSR count). The number of carbonyl (C=O) groups excluding carboxylic acids is 1. The number of carbonyl (C=O) groups is 1. The van der Waals surface area contributed by atoms with Gasteiger partial charge in [0.05, 0.1) is 22.4 Å². The summed E-state index contributed by atoms with van der Waals surface area (Å²) in [7, 11) is 0. The molecule has 7 heteroatoms. The lowest BCUT2D eigenvalue weighted by atomic mass is 9.86. The fourth-order valence-electron chi connectivity index (χ4n) is 9.31. The Balaban J connectivity index is 0.000000185. The highest BCUT2D eigenvalue weighted by Crippen LogP contribution is 2.39. The molecule has 0 unspecified atom stereocenters. The number of piperidine rings is 2. The molecule has 4 heterocycles. The lowest BCUT2D eigenvalue weighted by Gasteiger charge is -2.45. The van der Waals surface area contributed by atoms with Crippen LogP contribution in [-0.4, -0.2) is 88.9 Å². The SMILES string of the molecule is CC(C)(c1cc(-c2ccccc2)nc2ccccc12)N1CCC(=O)CC1.CCN(CC)C1CCN(C(C)(C)c2cc(-c3ccccc3)nc3ccccc23)CC1.CCNCC. The topological polar surface area (TPSA) is 64.6 Å². The van der Waals surface area contributed by atoms with Gasteiger partial charge in [0.2, 0.25) is 0 Å². The highest BCUT2D eigenvalue weighted by atomic mass is 16.1. The molecule has 0 aliphatic carbocycles. The van der Waals surface area contributed by atoms with Crippen molar-refractivity contribution in [2.75, 3.05) is 52.4 Å². The summed E-state index contributed by atoms with van der Waals surface area (Å²) in [6.07, 6.45) is 3.80. The van der Waals surface area contributed by atoms with Gasteiger partial charge in [0.25, 0.3) is 0 Å². The number of hydrogen-bond acceptors (Lipinski definition) is 7. The molecule has 0 saturated carbocycles. The third-order valence-electron chi connectivity index (χ3n) is 13.1. The molecule has 2 aromatic heterocycles. The van der Waals surface area contributed by atoms with Gasteiger partial charge >= 0.3 is 0 Å². The van der Waals surface area contributed by atoms with Crippen molar-refractivity contribution in [1.29, 1.82) is 0 Å². The number of nitrogens with zero attached hydrogens (tertiary/aromatic N) is 5. The van der Waals surface area contributed by atoms with Gasteiger partial charge in [0, 0.05) is 78.0 Å². The van der Waals surface area contributed by atoms with E-state index >= 15 is 0 Å². The van der Waals surface area contributed by atoms with Gasteiger partial charge in [0.15, 0.2) is 0 Å². The van der Waals surface area contributed by atoms with Crippen molar-refractivity contribution >= 4 is 27.6 Å². The van der Waals surface area contributed by atoms with Gasteiger partial charge in [-0.15, -0.1) is 0 Å². The Hall–Kier alpha value is -4.79. The predicted molar refractivity (Wildman–Crippen MR) is 258 cm³/mol. The van der Waals surface area contributed by atoms with Crippen molar-refractivity contribution < 1.29 is 4.79 Å². The zero-order chi connectivity index (χ0) is 43.4. The highest BCUT2D eigenvalue weighted by Gasteiger charge is 2.35. The monoisotopic (exact) mass is 819 g/mol. The molecular formula is C54H70N6O. The summed E-state index contributed by atoms with van der Waals surface area (Å²) < 4.78 is 0. The van der Waals surface area contributed by atoms with Gasteiger partial charge in [0.1, 0.15) is 5.78 Å². The summed E-state index contributed by atoms with van der Waals surface area (Å²) in [6, 6.07) is 43.1. The Bertz CT molecular complexity index is 2280. The number of para-hydroxylation sites is 2. The Morgan fingerprint density at radius 1 is 0.574 bits per heavy atom. The molecule has 6 aromatic rings. The second-order valence-corrected chi connectivity index (χ2v) is 17.4. The summed E-state index contributed by atoms with van der Waals surface area (Å²) in [5, 5.41) is 5.57. The zero-order valence-electron chi connectivity index (χ0n) is 38.3. The third-order valence-corrected chi connectivity index (χ3v) is 13.1. The summed E-state index contributed by atoms with van der Waals surface area (Å²) >= 11 is 0. The second kappa shape index (κ2) is 21.3. The first-order chi connectivity index (χ1) is 29.5. The Kier molecular flexibility index (Phi) is 16.0. The number of pyridine rings is 2. The van der Waals surface area contributed by atoms with Crippen LogP contribution in [0.3, 0.4) is 0 Å². The van der Waals surface area contributed by atoms with Crippen LogP contribution in [-0.2, 0) is 15.9 Å². The van der Waals surface area contributed by atoms with E-state index in [1.54, 1.807) is 0 Å². The molecule has 4 aromatic carbocycles. The van der Waals surface area contributed by atoms with Crippen LogP contribution in [0.15, 0.2) is 121 Å². The maximum absolute atomic E-state index is 11.7. The summed E-state index contributed by atoms with van der Waals surface area (Å²) in [6.45, 7) is 26.5. The lowest BCUT2D eigenvalue weighted by Crippen LogP contribution is -2.50. The zero-order valence-corrected chi connectivity index (χ0v) is 38.3. The fourth-order valence-corrected chi connectivity index (χ4v) is 9.31. The van der Waals surface area contributed by atoms with E-state index in [2.05, 4.69) is 172 Å². The number of aromatic nitrogens is 2. The summed E-state index contributed by atoms with van der Waals surface area (Å²) in [5.74, 6) is 0.376. The van der Waals surface area contributed by atoms with Crippen molar-refractivity contribution in [2.24, 2.45) is 0 Å². The largest absolute Gasteiger partial charge is 0.317 e. The second-order valence-electron chi connectivity index (χ2n) is 17.4. The van der Waals surface area contributed by atoms with Crippen LogP contribution in [0.25, 0.3) is 44.3 Å². The smallest absolute Gasteiger partial charge is 0.135 e. The predicted octanol–water partition coefficient (Wildman–Crippen LogP) is 11.4.